The second kappa shape index (κ2) is 8.68. The molecule has 0 fully saturated rings. The number of nitrogens with one attached hydrogen (secondary N) is 2. The van der Waals surface area contributed by atoms with Gasteiger partial charge in [0.1, 0.15) is 0 Å². The van der Waals surface area contributed by atoms with E-state index in [4.69, 9.17) is 0 Å². The van der Waals surface area contributed by atoms with Crippen molar-refractivity contribution in [2.45, 2.75) is 25.8 Å². The van der Waals surface area contributed by atoms with Gasteiger partial charge in [0.25, 0.3) is 0 Å². The maximum absolute atomic E-state index is 11.9. The molecule has 0 aliphatic rings. The third-order valence-electron chi connectivity index (χ3n) is 3.47. The number of rotatable bonds is 7. The summed E-state index contributed by atoms with van der Waals surface area (Å²) in [7, 11) is 0. The predicted octanol–water partition coefficient (Wildman–Crippen LogP) is 2.01. The Morgan fingerprint density at radius 3 is 2.43 bits per heavy atom. The number of amides is 2. The van der Waals surface area contributed by atoms with Crippen molar-refractivity contribution in [3.63, 3.8) is 0 Å². The molecule has 0 aliphatic carbocycles. The Balaban J connectivity index is 1.67. The first kappa shape index (κ1) is 16.7. The molecule has 0 spiro atoms. The van der Waals surface area contributed by atoms with Crippen LogP contribution in [0, 0.1) is 0 Å². The SMILES string of the molecule is CC(NC(=O)CCNC(=O)Cc1ccccc1)c1ccncc1. The number of aromatic nitrogens is 1. The summed E-state index contributed by atoms with van der Waals surface area (Å²) in [5, 5.41) is 5.67. The predicted molar refractivity (Wildman–Crippen MR) is 88.6 cm³/mol. The second-order valence-electron chi connectivity index (χ2n) is 5.33. The summed E-state index contributed by atoms with van der Waals surface area (Å²) in [6.07, 6.45) is 3.98. The van der Waals surface area contributed by atoms with E-state index in [9.17, 15) is 9.59 Å². The summed E-state index contributed by atoms with van der Waals surface area (Å²) in [4.78, 5) is 27.6. The van der Waals surface area contributed by atoms with Gasteiger partial charge in [-0.2, -0.15) is 0 Å². The molecular formula is C18H21N3O2. The number of benzene rings is 1. The topological polar surface area (TPSA) is 71.1 Å². The fourth-order valence-electron chi connectivity index (χ4n) is 2.21. The molecule has 0 saturated carbocycles. The van der Waals surface area contributed by atoms with E-state index in [2.05, 4.69) is 15.6 Å². The summed E-state index contributed by atoms with van der Waals surface area (Å²) >= 11 is 0. The molecule has 1 aromatic heterocycles. The minimum Gasteiger partial charge on any atom is -0.355 e. The number of hydrogen-bond acceptors (Lipinski definition) is 3. The number of carbonyl (C=O) groups excluding carboxylic acids is 2. The van der Waals surface area contributed by atoms with Gasteiger partial charge in [0, 0.05) is 25.4 Å². The minimum absolute atomic E-state index is 0.0776. The van der Waals surface area contributed by atoms with E-state index in [1.165, 1.54) is 0 Å². The van der Waals surface area contributed by atoms with Gasteiger partial charge in [-0.05, 0) is 30.2 Å². The smallest absolute Gasteiger partial charge is 0.224 e. The molecule has 0 saturated heterocycles. The molecule has 5 heteroatoms. The largest absolute Gasteiger partial charge is 0.355 e. The van der Waals surface area contributed by atoms with Crippen LogP contribution in [0.5, 0.6) is 0 Å². The van der Waals surface area contributed by atoms with Gasteiger partial charge in [-0.3, -0.25) is 14.6 Å². The van der Waals surface area contributed by atoms with Gasteiger partial charge in [-0.25, -0.2) is 0 Å². The molecule has 2 rings (SSSR count). The average Bonchev–Trinajstić information content (AvgIpc) is 2.56. The van der Waals surface area contributed by atoms with Crippen LogP contribution in [-0.4, -0.2) is 23.3 Å². The molecule has 1 atom stereocenters. The standard InChI is InChI=1S/C18H21N3O2/c1-14(16-7-10-19-11-8-16)21-17(22)9-12-20-18(23)13-15-5-3-2-4-6-15/h2-8,10-11,14H,9,12-13H2,1H3,(H,20,23)(H,21,22). The lowest BCUT2D eigenvalue weighted by atomic mass is 10.1. The molecule has 5 nitrogen and oxygen atoms in total. The molecule has 0 aliphatic heterocycles. The van der Waals surface area contributed by atoms with Crippen LogP contribution in [0.2, 0.25) is 0 Å². The van der Waals surface area contributed by atoms with E-state index < -0.39 is 0 Å². The summed E-state index contributed by atoms with van der Waals surface area (Å²) in [5.74, 6) is -0.166. The van der Waals surface area contributed by atoms with Crippen LogP contribution in [-0.2, 0) is 16.0 Å². The molecule has 1 aromatic carbocycles. The van der Waals surface area contributed by atoms with Crippen LogP contribution in [0.4, 0.5) is 0 Å². The van der Waals surface area contributed by atoms with Gasteiger partial charge in [0.15, 0.2) is 0 Å². The highest BCUT2D eigenvalue weighted by Crippen LogP contribution is 2.09. The molecule has 2 aromatic rings. The van der Waals surface area contributed by atoms with Crippen molar-refractivity contribution < 1.29 is 9.59 Å². The van der Waals surface area contributed by atoms with E-state index in [-0.39, 0.29) is 24.3 Å². The molecule has 0 radical (unpaired) electrons. The molecule has 120 valence electrons. The first-order valence-electron chi connectivity index (χ1n) is 7.65. The summed E-state index contributed by atoms with van der Waals surface area (Å²) in [6.45, 7) is 2.25. The zero-order valence-electron chi connectivity index (χ0n) is 13.2. The summed E-state index contributed by atoms with van der Waals surface area (Å²) in [6, 6.07) is 13.2. The van der Waals surface area contributed by atoms with Gasteiger partial charge in [0.2, 0.25) is 11.8 Å². The van der Waals surface area contributed by atoms with Gasteiger partial charge < -0.3 is 10.6 Å². The van der Waals surface area contributed by atoms with Gasteiger partial charge >= 0.3 is 0 Å². The highest BCUT2D eigenvalue weighted by Gasteiger charge is 2.09. The van der Waals surface area contributed by atoms with E-state index in [1.54, 1.807) is 12.4 Å². The zero-order valence-corrected chi connectivity index (χ0v) is 13.2. The first-order valence-corrected chi connectivity index (χ1v) is 7.65. The number of carbonyl (C=O) groups is 2. The van der Waals surface area contributed by atoms with Crippen LogP contribution < -0.4 is 10.6 Å². The first-order chi connectivity index (χ1) is 11.1. The van der Waals surface area contributed by atoms with Crippen molar-refractivity contribution in [2.75, 3.05) is 6.54 Å². The molecule has 2 N–H and O–H groups in total. The van der Waals surface area contributed by atoms with E-state index >= 15 is 0 Å². The van der Waals surface area contributed by atoms with E-state index in [1.807, 2.05) is 49.4 Å². The summed E-state index contributed by atoms with van der Waals surface area (Å²) in [5.41, 5.74) is 1.96. The second-order valence-corrected chi connectivity index (χ2v) is 5.33. The molecule has 23 heavy (non-hydrogen) atoms. The Morgan fingerprint density at radius 1 is 1.04 bits per heavy atom. The average molecular weight is 311 g/mol. The van der Waals surface area contributed by atoms with Crippen molar-refractivity contribution in [1.82, 2.24) is 15.6 Å². The van der Waals surface area contributed by atoms with Gasteiger partial charge in [-0.15, -0.1) is 0 Å². The lowest BCUT2D eigenvalue weighted by molar-refractivity contribution is -0.122. The van der Waals surface area contributed by atoms with Crippen LogP contribution in [0.15, 0.2) is 54.9 Å². The number of hydrogen-bond donors (Lipinski definition) is 2. The summed E-state index contributed by atoms with van der Waals surface area (Å²) < 4.78 is 0. The highest BCUT2D eigenvalue weighted by molar-refractivity contribution is 5.80. The molecule has 2 amide bonds. The van der Waals surface area contributed by atoms with E-state index in [0.717, 1.165) is 11.1 Å². The van der Waals surface area contributed by atoms with Crippen molar-refractivity contribution in [3.8, 4) is 0 Å². The Morgan fingerprint density at radius 2 is 1.74 bits per heavy atom. The zero-order chi connectivity index (χ0) is 16.5. The Kier molecular flexibility index (Phi) is 6.29. The lowest BCUT2D eigenvalue weighted by Crippen LogP contribution is -2.32. The van der Waals surface area contributed by atoms with Crippen LogP contribution >= 0.6 is 0 Å². The third-order valence-corrected chi connectivity index (χ3v) is 3.47. The van der Waals surface area contributed by atoms with Crippen molar-refractivity contribution >= 4 is 11.8 Å². The normalized spacial score (nSPS) is 11.5. The maximum Gasteiger partial charge on any atom is 0.224 e. The minimum atomic E-state index is -0.0886. The maximum atomic E-state index is 11.9. The monoisotopic (exact) mass is 311 g/mol. The fraction of sp³-hybridized carbons (Fsp3) is 0.278. The molecule has 1 heterocycles. The van der Waals surface area contributed by atoms with Crippen molar-refractivity contribution in [1.29, 1.82) is 0 Å². The van der Waals surface area contributed by atoms with Gasteiger partial charge in [0.05, 0.1) is 12.5 Å². The van der Waals surface area contributed by atoms with Crippen molar-refractivity contribution in [2.24, 2.45) is 0 Å². The number of pyridine rings is 1. The van der Waals surface area contributed by atoms with E-state index in [0.29, 0.717) is 13.0 Å². The Labute approximate surface area is 136 Å². The van der Waals surface area contributed by atoms with Crippen LogP contribution in [0.25, 0.3) is 0 Å². The lowest BCUT2D eigenvalue weighted by Gasteiger charge is -2.14. The van der Waals surface area contributed by atoms with Gasteiger partial charge in [-0.1, -0.05) is 30.3 Å². The molecule has 0 bridgehead atoms. The molecule has 1 unspecified atom stereocenters. The van der Waals surface area contributed by atoms with Crippen molar-refractivity contribution in [3.05, 3.63) is 66.0 Å². The highest BCUT2D eigenvalue weighted by atomic mass is 16.2. The number of nitrogens with zero attached hydrogens (tertiary/aromatic N) is 1. The fourth-order valence-corrected chi connectivity index (χ4v) is 2.21. The van der Waals surface area contributed by atoms with Crippen LogP contribution in [0.3, 0.4) is 0 Å². The molecular weight excluding hydrogens is 290 g/mol. The third kappa shape index (κ3) is 5.90. The van der Waals surface area contributed by atoms with Crippen LogP contribution in [0.1, 0.15) is 30.5 Å². The Bertz CT molecular complexity index is 629. The quantitative estimate of drug-likeness (QED) is 0.821. The Hall–Kier alpha value is -2.69.